The van der Waals surface area contributed by atoms with E-state index in [2.05, 4.69) is 29.4 Å². The lowest BCUT2D eigenvalue weighted by Crippen LogP contribution is -2.27. The molecule has 2 amide bonds. The van der Waals surface area contributed by atoms with E-state index in [-0.39, 0.29) is 12.0 Å². The summed E-state index contributed by atoms with van der Waals surface area (Å²) in [6.07, 6.45) is 0. The Morgan fingerprint density at radius 2 is 1.57 bits per heavy atom. The van der Waals surface area contributed by atoms with Gasteiger partial charge in [-0.1, -0.05) is 50.2 Å². The molecule has 30 heavy (non-hydrogen) atoms. The SMILES string of the molecule is CCN(CC)CCOC(=O)c1ccc(NC(=O)Nc2cccc3ccccc23)cc1. The fourth-order valence-corrected chi connectivity index (χ4v) is 3.20. The van der Waals surface area contributed by atoms with Gasteiger partial charge in [0.15, 0.2) is 0 Å². The maximum atomic E-state index is 12.4. The van der Waals surface area contributed by atoms with Crippen molar-refractivity contribution < 1.29 is 14.3 Å². The predicted octanol–water partition coefficient (Wildman–Crippen LogP) is 4.98. The number of nitrogens with one attached hydrogen (secondary N) is 2. The third-order valence-electron chi connectivity index (χ3n) is 4.95. The lowest BCUT2D eigenvalue weighted by atomic mass is 10.1. The molecular formula is C24H27N3O3. The van der Waals surface area contributed by atoms with Crippen LogP contribution in [0.25, 0.3) is 10.8 Å². The number of hydrogen-bond acceptors (Lipinski definition) is 4. The summed E-state index contributed by atoms with van der Waals surface area (Å²) in [6, 6.07) is 19.9. The van der Waals surface area contributed by atoms with Gasteiger partial charge in [-0.05, 0) is 48.8 Å². The molecule has 3 rings (SSSR count). The van der Waals surface area contributed by atoms with Crippen molar-refractivity contribution >= 4 is 34.1 Å². The first-order valence-electron chi connectivity index (χ1n) is 10.2. The number of fused-ring (bicyclic) bond motifs is 1. The van der Waals surface area contributed by atoms with Gasteiger partial charge in [0, 0.05) is 17.6 Å². The zero-order valence-electron chi connectivity index (χ0n) is 17.4. The number of hydrogen-bond donors (Lipinski definition) is 2. The van der Waals surface area contributed by atoms with Crippen molar-refractivity contribution in [3.63, 3.8) is 0 Å². The summed E-state index contributed by atoms with van der Waals surface area (Å²) in [5.41, 5.74) is 1.78. The lowest BCUT2D eigenvalue weighted by Gasteiger charge is -2.17. The van der Waals surface area contributed by atoms with E-state index in [1.807, 2.05) is 42.5 Å². The highest BCUT2D eigenvalue weighted by molar-refractivity contribution is 6.06. The molecule has 0 aliphatic carbocycles. The molecule has 0 aromatic heterocycles. The van der Waals surface area contributed by atoms with Gasteiger partial charge in [0.2, 0.25) is 0 Å². The quantitative estimate of drug-likeness (QED) is 0.519. The first-order valence-corrected chi connectivity index (χ1v) is 10.2. The molecule has 0 spiro atoms. The van der Waals surface area contributed by atoms with Crippen molar-refractivity contribution in [3.8, 4) is 0 Å². The van der Waals surface area contributed by atoms with E-state index in [0.717, 1.165) is 29.5 Å². The zero-order valence-corrected chi connectivity index (χ0v) is 17.4. The van der Waals surface area contributed by atoms with Crippen LogP contribution in [-0.4, -0.2) is 43.1 Å². The number of benzene rings is 3. The highest BCUT2D eigenvalue weighted by Crippen LogP contribution is 2.23. The first-order chi connectivity index (χ1) is 14.6. The molecule has 0 aliphatic heterocycles. The molecule has 0 saturated heterocycles. The number of amides is 2. The van der Waals surface area contributed by atoms with Gasteiger partial charge in [0.25, 0.3) is 0 Å². The lowest BCUT2D eigenvalue weighted by molar-refractivity contribution is 0.0466. The Hall–Kier alpha value is -3.38. The smallest absolute Gasteiger partial charge is 0.338 e. The number of urea groups is 1. The highest BCUT2D eigenvalue weighted by atomic mass is 16.5. The standard InChI is InChI=1S/C24H27N3O3/c1-3-27(4-2)16-17-30-23(28)19-12-14-20(15-13-19)25-24(29)26-22-11-7-9-18-8-5-6-10-21(18)22/h5-15H,3-4,16-17H2,1-2H3,(H2,25,26,29). The second-order valence-electron chi connectivity index (χ2n) is 6.85. The molecule has 3 aromatic carbocycles. The van der Waals surface area contributed by atoms with E-state index < -0.39 is 0 Å². The van der Waals surface area contributed by atoms with Crippen LogP contribution in [0.3, 0.4) is 0 Å². The topological polar surface area (TPSA) is 70.7 Å². The predicted molar refractivity (Wildman–Crippen MR) is 121 cm³/mol. The Kier molecular flexibility index (Phi) is 7.40. The second kappa shape index (κ2) is 10.4. The van der Waals surface area contributed by atoms with Gasteiger partial charge in [-0.15, -0.1) is 0 Å². The van der Waals surface area contributed by atoms with Crippen LogP contribution >= 0.6 is 0 Å². The molecule has 0 radical (unpaired) electrons. The summed E-state index contributed by atoms with van der Waals surface area (Å²) in [5.74, 6) is -0.367. The van der Waals surface area contributed by atoms with Gasteiger partial charge < -0.3 is 20.3 Å². The van der Waals surface area contributed by atoms with E-state index in [0.29, 0.717) is 24.4 Å². The third-order valence-corrected chi connectivity index (χ3v) is 4.95. The Morgan fingerprint density at radius 3 is 2.30 bits per heavy atom. The molecule has 0 heterocycles. The van der Waals surface area contributed by atoms with Crippen LogP contribution in [0.5, 0.6) is 0 Å². The summed E-state index contributed by atoms with van der Waals surface area (Å²) >= 11 is 0. The number of anilines is 2. The van der Waals surface area contributed by atoms with E-state index in [9.17, 15) is 9.59 Å². The first kappa shape index (κ1) is 21.3. The van der Waals surface area contributed by atoms with Crippen LogP contribution in [0.4, 0.5) is 16.2 Å². The Balaban J connectivity index is 1.55. The monoisotopic (exact) mass is 405 g/mol. The fourth-order valence-electron chi connectivity index (χ4n) is 3.20. The number of likely N-dealkylation sites (N-methyl/N-ethyl adjacent to an activating group) is 1. The number of nitrogens with zero attached hydrogens (tertiary/aromatic N) is 1. The maximum absolute atomic E-state index is 12.4. The minimum Gasteiger partial charge on any atom is -0.461 e. The van der Waals surface area contributed by atoms with Crippen LogP contribution in [0, 0.1) is 0 Å². The van der Waals surface area contributed by atoms with E-state index >= 15 is 0 Å². The molecule has 2 N–H and O–H groups in total. The van der Waals surface area contributed by atoms with Crippen LogP contribution in [-0.2, 0) is 4.74 Å². The van der Waals surface area contributed by atoms with E-state index in [1.165, 1.54) is 0 Å². The van der Waals surface area contributed by atoms with Crippen LogP contribution in [0.15, 0.2) is 66.7 Å². The maximum Gasteiger partial charge on any atom is 0.338 e. The Morgan fingerprint density at radius 1 is 0.867 bits per heavy atom. The molecule has 0 aliphatic rings. The number of carbonyl (C=O) groups is 2. The van der Waals surface area contributed by atoms with Gasteiger partial charge in [0.05, 0.1) is 11.3 Å². The molecule has 6 nitrogen and oxygen atoms in total. The summed E-state index contributed by atoms with van der Waals surface area (Å²) in [6.45, 7) is 7.08. The van der Waals surface area contributed by atoms with Gasteiger partial charge in [0.1, 0.15) is 6.61 Å². The summed E-state index contributed by atoms with van der Waals surface area (Å²) in [7, 11) is 0. The number of rotatable bonds is 8. The number of ether oxygens (including phenoxy) is 1. The zero-order chi connectivity index (χ0) is 21.3. The molecule has 0 bridgehead atoms. The van der Waals surface area contributed by atoms with Crippen LogP contribution in [0.1, 0.15) is 24.2 Å². The van der Waals surface area contributed by atoms with Crippen molar-refractivity contribution in [3.05, 3.63) is 72.3 Å². The van der Waals surface area contributed by atoms with Gasteiger partial charge in [-0.3, -0.25) is 0 Å². The van der Waals surface area contributed by atoms with Gasteiger partial charge in [-0.25, -0.2) is 9.59 Å². The molecule has 0 unspecified atom stereocenters. The van der Waals surface area contributed by atoms with Crippen molar-refractivity contribution in [2.75, 3.05) is 36.9 Å². The van der Waals surface area contributed by atoms with Gasteiger partial charge in [-0.2, -0.15) is 0 Å². The number of carbonyl (C=O) groups excluding carboxylic acids is 2. The highest BCUT2D eigenvalue weighted by Gasteiger charge is 2.10. The average Bonchev–Trinajstić information content (AvgIpc) is 2.77. The average molecular weight is 405 g/mol. The summed E-state index contributed by atoms with van der Waals surface area (Å²) < 4.78 is 5.32. The van der Waals surface area contributed by atoms with Crippen molar-refractivity contribution in [1.29, 1.82) is 0 Å². The van der Waals surface area contributed by atoms with Crippen molar-refractivity contribution in [2.24, 2.45) is 0 Å². The van der Waals surface area contributed by atoms with Crippen LogP contribution < -0.4 is 10.6 Å². The van der Waals surface area contributed by atoms with Crippen molar-refractivity contribution in [1.82, 2.24) is 4.90 Å². The minimum absolute atomic E-state index is 0.346. The number of esters is 1. The fraction of sp³-hybridized carbons (Fsp3) is 0.250. The molecule has 0 atom stereocenters. The Bertz CT molecular complexity index is 993. The molecule has 6 heteroatoms. The summed E-state index contributed by atoms with van der Waals surface area (Å²) in [4.78, 5) is 26.7. The van der Waals surface area contributed by atoms with Gasteiger partial charge >= 0.3 is 12.0 Å². The van der Waals surface area contributed by atoms with Crippen LogP contribution in [0.2, 0.25) is 0 Å². The summed E-state index contributed by atoms with van der Waals surface area (Å²) in [5, 5.41) is 7.68. The molecule has 0 saturated carbocycles. The normalized spacial score (nSPS) is 10.8. The molecule has 3 aromatic rings. The van der Waals surface area contributed by atoms with E-state index in [1.54, 1.807) is 24.3 Å². The third kappa shape index (κ3) is 5.58. The molecule has 156 valence electrons. The van der Waals surface area contributed by atoms with E-state index in [4.69, 9.17) is 4.74 Å². The Labute approximate surface area is 176 Å². The van der Waals surface area contributed by atoms with Crippen molar-refractivity contribution in [2.45, 2.75) is 13.8 Å². The molecular weight excluding hydrogens is 378 g/mol. The largest absolute Gasteiger partial charge is 0.461 e. The molecule has 0 fully saturated rings. The minimum atomic E-state index is -0.367. The second-order valence-corrected chi connectivity index (χ2v) is 6.85.